The van der Waals surface area contributed by atoms with Gasteiger partial charge in [0.25, 0.3) is 0 Å². The molecule has 2 aromatic carbocycles. The van der Waals surface area contributed by atoms with E-state index < -0.39 is 0 Å². The predicted molar refractivity (Wildman–Crippen MR) is 129 cm³/mol. The van der Waals surface area contributed by atoms with Gasteiger partial charge in [-0.25, -0.2) is 9.38 Å². The maximum absolute atomic E-state index is 5.17. The van der Waals surface area contributed by atoms with E-state index in [9.17, 15) is 0 Å². The molecule has 3 heterocycles. The topological polar surface area (TPSA) is 46.3 Å². The predicted octanol–water partition coefficient (Wildman–Crippen LogP) is 5.78. The van der Waals surface area contributed by atoms with E-state index in [0.717, 1.165) is 47.3 Å². The molecule has 1 aliphatic carbocycles. The summed E-state index contributed by atoms with van der Waals surface area (Å²) >= 11 is 0. The summed E-state index contributed by atoms with van der Waals surface area (Å²) in [4.78, 5) is 7.66. The first-order valence-corrected chi connectivity index (χ1v) is 12.3. The van der Waals surface area contributed by atoms with Crippen molar-refractivity contribution in [2.24, 2.45) is 5.92 Å². The van der Waals surface area contributed by atoms with Crippen molar-refractivity contribution < 1.29 is 0 Å². The summed E-state index contributed by atoms with van der Waals surface area (Å²) in [6, 6.07) is 19.3. The van der Waals surface area contributed by atoms with Gasteiger partial charge in [0.15, 0.2) is 5.65 Å². The van der Waals surface area contributed by atoms with E-state index >= 15 is 0 Å². The lowest BCUT2D eigenvalue weighted by Crippen LogP contribution is -2.36. The van der Waals surface area contributed by atoms with Crippen LogP contribution in [0.25, 0.3) is 16.6 Å². The number of rotatable bonds is 4. The number of fused-ring (bicyclic) bond motifs is 3. The standard InChI is InChI=1S/C27H31N5/c1-3-9-20(10-4-1)19-21-15-17-31(18-16-21)27-28-24-14-8-7-13-23(24)26-30-29-25(32(26)27)22-11-5-2-6-12-22/h1,3-4,7-10,13-14,21-22H,2,5-6,11-12,15-19H2. The SMILES string of the molecule is c1ccc(CC2CCN(c3nc4ccccc4c4nnc(C5CCCCC5)n34)CC2)cc1. The molecule has 32 heavy (non-hydrogen) atoms. The Morgan fingerprint density at radius 2 is 1.53 bits per heavy atom. The Morgan fingerprint density at radius 3 is 2.34 bits per heavy atom. The van der Waals surface area contributed by atoms with Crippen molar-refractivity contribution >= 4 is 22.5 Å². The molecule has 164 valence electrons. The Kier molecular flexibility index (Phi) is 5.26. The quantitative estimate of drug-likeness (QED) is 0.415. The number of anilines is 1. The molecule has 2 aromatic heterocycles. The zero-order valence-corrected chi connectivity index (χ0v) is 18.7. The first-order valence-electron chi connectivity index (χ1n) is 12.3. The second-order valence-corrected chi connectivity index (χ2v) is 9.60. The highest BCUT2D eigenvalue weighted by Crippen LogP contribution is 2.35. The third-order valence-corrected chi connectivity index (χ3v) is 7.49. The van der Waals surface area contributed by atoms with E-state index in [2.05, 4.69) is 63.9 Å². The molecule has 1 aliphatic heterocycles. The summed E-state index contributed by atoms with van der Waals surface area (Å²) in [6.07, 6.45) is 9.93. The Bertz CT molecular complexity index is 1200. The fraction of sp³-hybridized carbons (Fsp3) is 0.444. The molecule has 2 fully saturated rings. The molecule has 1 saturated carbocycles. The normalized spacial score (nSPS) is 18.6. The summed E-state index contributed by atoms with van der Waals surface area (Å²) in [5.74, 6) is 3.40. The van der Waals surface area contributed by atoms with Crippen LogP contribution in [0.5, 0.6) is 0 Å². The number of aromatic nitrogens is 4. The first-order chi connectivity index (χ1) is 15.9. The van der Waals surface area contributed by atoms with Gasteiger partial charge in [-0.15, -0.1) is 10.2 Å². The fourth-order valence-corrected chi connectivity index (χ4v) is 5.71. The Morgan fingerprint density at radius 1 is 0.781 bits per heavy atom. The third kappa shape index (κ3) is 3.64. The summed E-state index contributed by atoms with van der Waals surface area (Å²) in [7, 11) is 0. The maximum atomic E-state index is 5.17. The van der Waals surface area contributed by atoms with Crippen molar-refractivity contribution in [2.75, 3.05) is 18.0 Å². The average molecular weight is 426 g/mol. The third-order valence-electron chi connectivity index (χ3n) is 7.49. The molecule has 0 unspecified atom stereocenters. The van der Waals surface area contributed by atoms with Crippen molar-refractivity contribution in [2.45, 2.75) is 57.3 Å². The van der Waals surface area contributed by atoms with Gasteiger partial charge in [0, 0.05) is 24.4 Å². The van der Waals surface area contributed by atoms with Crippen molar-refractivity contribution in [3.63, 3.8) is 0 Å². The molecule has 2 aliphatic rings. The molecule has 0 bridgehead atoms. The van der Waals surface area contributed by atoms with Crippen LogP contribution in [0.3, 0.4) is 0 Å². The monoisotopic (exact) mass is 425 g/mol. The highest BCUT2D eigenvalue weighted by Gasteiger charge is 2.27. The molecule has 5 nitrogen and oxygen atoms in total. The highest BCUT2D eigenvalue weighted by molar-refractivity contribution is 5.92. The lowest BCUT2D eigenvalue weighted by Gasteiger charge is -2.33. The van der Waals surface area contributed by atoms with E-state index in [1.165, 1.54) is 56.9 Å². The average Bonchev–Trinajstić information content (AvgIpc) is 3.31. The molecule has 4 aromatic rings. The van der Waals surface area contributed by atoms with Gasteiger partial charge >= 0.3 is 0 Å². The van der Waals surface area contributed by atoms with Gasteiger partial charge in [0.05, 0.1) is 5.52 Å². The minimum absolute atomic E-state index is 0.496. The zero-order valence-electron chi connectivity index (χ0n) is 18.7. The molecule has 0 radical (unpaired) electrons. The number of hydrogen-bond donors (Lipinski definition) is 0. The van der Waals surface area contributed by atoms with Gasteiger partial charge in [-0.3, -0.25) is 0 Å². The Hall–Kier alpha value is -2.95. The second kappa shape index (κ2) is 8.53. The van der Waals surface area contributed by atoms with Gasteiger partial charge < -0.3 is 4.90 Å². The second-order valence-electron chi connectivity index (χ2n) is 9.60. The molecular weight excluding hydrogens is 394 g/mol. The van der Waals surface area contributed by atoms with Gasteiger partial charge in [-0.2, -0.15) is 0 Å². The molecule has 0 N–H and O–H groups in total. The largest absolute Gasteiger partial charge is 0.342 e. The maximum Gasteiger partial charge on any atom is 0.213 e. The van der Waals surface area contributed by atoms with Crippen molar-refractivity contribution in [3.8, 4) is 0 Å². The van der Waals surface area contributed by atoms with Crippen molar-refractivity contribution in [1.29, 1.82) is 0 Å². The van der Waals surface area contributed by atoms with Crippen molar-refractivity contribution in [3.05, 3.63) is 66.0 Å². The molecule has 0 amide bonds. The Balaban J connectivity index is 1.34. The van der Waals surface area contributed by atoms with Crippen LogP contribution in [0.4, 0.5) is 5.95 Å². The zero-order chi connectivity index (χ0) is 21.3. The molecular formula is C27H31N5. The van der Waals surface area contributed by atoms with E-state index in [1.807, 2.05) is 0 Å². The summed E-state index contributed by atoms with van der Waals surface area (Å²) in [6.45, 7) is 2.08. The van der Waals surface area contributed by atoms with Crippen LogP contribution in [0.2, 0.25) is 0 Å². The smallest absolute Gasteiger partial charge is 0.213 e. The highest BCUT2D eigenvalue weighted by atomic mass is 15.4. The lowest BCUT2D eigenvalue weighted by atomic mass is 9.88. The van der Waals surface area contributed by atoms with Crippen LogP contribution in [-0.2, 0) is 6.42 Å². The lowest BCUT2D eigenvalue weighted by molar-refractivity contribution is 0.398. The van der Waals surface area contributed by atoms with E-state index in [4.69, 9.17) is 15.2 Å². The summed E-state index contributed by atoms with van der Waals surface area (Å²) in [5.41, 5.74) is 3.44. The molecule has 0 atom stereocenters. The number of para-hydroxylation sites is 1. The number of piperidine rings is 1. The van der Waals surface area contributed by atoms with Gasteiger partial charge in [-0.1, -0.05) is 61.7 Å². The van der Waals surface area contributed by atoms with Crippen LogP contribution in [0.15, 0.2) is 54.6 Å². The number of hydrogen-bond acceptors (Lipinski definition) is 4. The molecule has 5 heteroatoms. The van der Waals surface area contributed by atoms with Crippen LogP contribution < -0.4 is 4.90 Å². The number of nitrogens with zero attached hydrogens (tertiary/aromatic N) is 5. The van der Waals surface area contributed by atoms with Crippen LogP contribution in [0, 0.1) is 5.92 Å². The fourth-order valence-electron chi connectivity index (χ4n) is 5.71. The summed E-state index contributed by atoms with van der Waals surface area (Å²) < 4.78 is 2.30. The minimum atomic E-state index is 0.496. The first kappa shape index (κ1) is 19.7. The van der Waals surface area contributed by atoms with E-state index in [0.29, 0.717) is 5.92 Å². The molecule has 0 spiro atoms. The van der Waals surface area contributed by atoms with Crippen LogP contribution in [-0.4, -0.2) is 32.7 Å². The summed E-state index contributed by atoms with van der Waals surface area (Å²) in [5, 5.41) is 10.5. The Labute approximate surface area is 189 Å². The van der Waals surface area contributed by atoms with Gasteiger partial charge in [-0.05, 0) is 55.7 Å². The van der Waals surface area contributed by atoms with E-state index in [-0.39, 0.29) is 0 Å². The molecule has 1 saturated heterocycles. The molecule has 6 rings (SSSR count). The van der Waals surface area contributed by atoms with Gasteiger partial charge in [0.2, 0.25) is 5.95 Å². The number of benzene rings is 2. The van der Waals surface area contributed by atoms with Crippen LogP contribution >= 0.6 is 0 Å². The van der Waals surface area contributed by atoms with Crippen LogP contribution in [0.1, 0.15) is 62.3 Å². The van der Waals surface area contributed by atoms with Gasteiger partial charge in [0.1, 0.15) is 5.82 Å². The van der Waals surface area contributed by atoms with Crippen molar-refractivity contribution in [1.82, 2.24) is 19.6 Å². The van der Waals surface area contributed by atoms with E-state index in [1.54, 1.807) is 0 Å². The minimum Gasteiger partial charge on any atom is -0.342 e.